The number of anilines is 2. The highest BCUT2D eigenvalue weighted by Crippen LogP contribution is 2.20. The van der Waals surface area contributed by atoms with Crippen LogP contribution in [-0.4, -0.2) is 41.5 Å². The molecule has 130 valence electrons. The Balaban J connectivity index is 1.58. The minimum atomic E-state index is -0.783. The summed E-state index contributed by atoms with van der Waals surface area (Å²) in [6.45, 7) is 1.49. The third kappa shape index (κ3) is 4.53. The molecule has 1 aliphatic rings. The first kappa shape index (κ1) is 16.9. The maximum Gasteiger partial charge on any atom is 0.128 e. The van der Waals surface area contributed by atoms with Crippen LogP contribution in [0.15, 0.2) is 54.6 Å². The molecule has 3 rings (SSSR count). The van der Waals surface area contributed by atoms with Gasteiger partial charge in [0.1, 0.15) is 12.0 Å². The van der Waals surface area contributed by atoms with Crippen molar-refractivity contribution < 1.29 is 4.39 Å². The van der Waals surface area contributed by atoms with Gasteiger partial charge in [-0.3, -0.25) is 4.98 Å². The number of halogens is 1. The van der Waals surface area contributed by atoms with Gasteiger partial charge in [0.15, 0.2) is 0 Å². The van der Waals surface area contributed by atoms with Crippen molar-refractivity contribution >= 4 is 17.2 Å². The molecule has 1 aliphatic heterocycles. The highest BCUT2D eigenvalue weighted by molar-refractivity contribution is 6.06. The van der Waals surface area contributed by atoms with Crippen molar-refractivity contribution in [2.75, 3.05) is 29.9 Å². The molecule has 6 nitrogen and oxygen atoms in total. The van der Waals surface area contributed by atoms with Gasteiger partial charge in [-0.25, -0.2) is 9.37 Å². The zero-order valence-electron chi connectivity index (χ0n) is 13.8. The Morgan fingerprint density at radius 2 is 2.28 bits per heavy atom. The average Bonchev–Trinajstić information content (AvgIpc) is 3.07. The molecule has 1 fully saturated rings. The van der Waals surface area contributed by atoms with Crippen LogP contribution in [0.3, 0.4) is 0 Å². The minimum absolute atomic E-state index is 0.286. The maximum atomic E-state index is 13.3. The number of aromatic nitrogens is 2. The highest BCUT2D eigenvalue weighted by Gasteiger charge is 2.22. The lowest BCUT2D eigenvalue weighted by atomic mass is 10.1. The molecule has 0 spiro atoms. The lowest BCUT2D eigenvalue weighted by Gasteiger charge is -2.16. The fourth-order valence-electron chi connectivity index (χ4n) is 2.65. The second-order valence-corrected chi connectivity index (χ2v) is 5.97. The van der Waals surface area contributed by atoms with E-state index in [4.69, 9.17) is 11.1 Å². The first-order valence-corrected chi connectivity index (χ1v) is 8.16. The number of hydrogen-bond donors (Lipinski definition) is 3. The largest absolute Gasteiger partial charge is 0.401 e. The Morgan fingerprint density at radius 1 is 1.40 bits per heavy atom. The molecule has 7 heteroatoms. The van der Waals surface area contributed by atoms with E-state index in [1.165, 1.54) is 0 Å². The van der Waals surface area contributed by atoms with Crippen molar-refractivity contribution in [3.63, 3.8) is 0 Å². The fraction of sp³-hybridized carbons (Fsp3) is 0.278. The Hall–Kier alpha value is -2.96. The van der Waals surface area contributed by atoms with Crippen molar-refractivity contribution in [2.24, 2.45) is 5.73 Å². The molecule has 0 amide bonds. The molecular weight excluding hydrogens is 319 g/mol. The van der Waals surface area contributed by atoms with Gasteiger partial charge < -0.3 is 21.4 Å². The van der Waals surface area contributed by atoms with Gasteiger partial charge >= 0.3 is 0 Å². The van der Waals surface area contributed by atoms with Gasteiger partial charge in [-0.2, -0.15) is 0 Å². The second-order valence-electron chi connectivity index (χ2n) is 5.97. The van der Waals surface area contributed by atoms with Crippen molar-refractivity contribution in [3.05, 3.63) is 60.2 Å². The molecular formula is C18H21FN6. The number of hydrogen-bond acceptors (Lipinski definition) is 6. The summed E-state index contributed by atoms with van der Waals surface area (Å²) in [5.74, 6) is 0.742. The van der Waals surface area contributed by atoms with Gasteiger partial charge in [-0.1, -0.05) is 0 Å². The van der Waals surface area contributed by atoms with Crippen LogP contribution in [0.5, 0.6) is 0 Å². The van der Waals surface area contributed by atoms with Crippen molar-refractivity contribution in [1.29, 1.82) is 5.41 Å². The molecule has 0 aliphatic carbocycles. The number of nitrogens with zero attached hydrogens (tertiary/aromatic N) is 3. The zero-order chi connectivity index (χ0) is 17.6. The molecule has 1 saturated heterocycles. The normalized spacial score (nSPS) is 17.6. The van der Waals surface area contributed by atoms with Crippen molar-refractivity contribution in [1.82, 2.24) is 9.97 Å². The predicted octanol–water partition coefficient (Wildman–Crippen LogP) is 2.35. The van der Waals surface area contributed by atoms with Crippen LogP contribution >= 0.6 is 0 Å². The number of pyridine rings is 2. The molecule has 0 aromatic carbocycles. The third-order valence-electron chi connectivity index (χ3n) is 4.00. The summed E-state index contributed by atoms with van der Waals surface area (Å²) >= 11 is 0. The summed E-state index contributed by atoms with van der Waals surface area (Å²) in [5, 5.41) is 11.3. The highest BCUT2D eigenvalue weighted by atomic mass is 19.1. The number of allylic oxidation sites excluding steroid dienone is 1. The van der Waals surface area contributed by atoms with E-state index in [1.54, 1.807) is 24.7 Å². The number of nitrogens with one attached hydrogen (secondary N) is 2. The van der Waals surface area contributed by atoms with E-state index in [1.807, 2.05) is 29.2 Å². The molecule has 1 atom stereocenters. The van der Waals surface area contributed by atoms with Gasteiger partial charge in [0.25, 0.3) is 0 Å². The van der Waals surface area contributed by atoms with Crippen LogP contribution in [0.1, 0.15) is 12.0 Å². The second kappa shape index (κ2) is 7.74. The molecule has 0 unspecified atom stereocenters. The van der Waals surface area contributed by atoms with Crippen LogP contribution in [0.25, 0.3) is 0 Å². The smallest absolute Gasteiger partial charge is 0.128 e. The number of rotatable bonds is 6. The summed E-state index contributed by atoms with van der Waals surface area (Å²) in [5.41, 5.74) is 8.34. The number of nitrogens with two attached hydrogens (primary N) is 1. The van der Waals surface area contributed by atoms with Gasteiger partial charge in [0.05, 0.1) is 24.5 Å². The van der Waals surface area contributed by atoms with Gasteiger partial charge in [-0.05, 0) is 36.8 Å². The Kier molecular flexibility index (Phi) is 5.23. The van der Waals surface area contributed by atoms with E-state index < -0.39 is 6.17 Å². The Bertz CT molecular complexity index is 744. The van der Waals surface area contributed by atoms with E-state index in [0.717, 1.165) is 11.5 Å². The van der Waals surface area contributed by atoms with E-state index in [2.05, 4.69) is 15.3 Å². The van der Waals surface area contributed by atoms with Crippen LogP contribution in [0, 0.1) is 5.41 Å². The van der Waals surface area contributed by atoms with Crippen LogP contribution in [-0.2, 0) is 0 Å². The summed E-state index contributed by atoms with van der Waals surface area (Å²) in [4.78, 5) is 10.3. The van der Waals surface area contributed by atoms with Gasteiger partial charge in [0, 0.05) is 36.4 Å². The first-order chi connectivity index (χ1) is 12.1. The van der Waals surface area contributed by atoms with E-state index in [0.29, 0.717) is 37.3 Å². The predicted molar refractivity (Wildman–Crippen MR) is 97.8 cm³/mol. The Morgan fingerprint density at radius 3 is 2.92 bits per heavy atom. The van der Waals surface area contributed by atoms with Crippen LogP contribution < -0.4 is 16.0 Å². The molecule has 2 aromatic rings. The van der Waals surface area contributed by atoms with Crippen LogP contribution in [0.4, 0.5) is 15.9 Å². The monoisotopic (exact) mass is 340 g/mol. The van der Waals surface area contributed by atoms with Crippen LogP contribution in [0.2, 0.25) is 0 Å². The topological polar surface area (TPSA) is 90.9 Å². The van der Waals surface area contributed by atoms with E-state index >= 15 is 0 Å². The Labute approximate surface area is 146 Å². The van der Waals surface area contributed by atoms with Gasteiger partial charge in [0.2, 0.25) is 0 Å². The third-order valence-corrected chi connectivity index (χ3v) is 4.00. The van der Waals surface area contributed by atoms with Crippen molar-refractivity contribution in [3.8, 4) is 0 Å². The van der Waals surface area contributed by atoms with Crippen molar-refractivity contribution in [2.45, 2.75) is 12.6 Å². The fourth-order valence-corrected chi connectivity index (χ4v) is 2.65. The SMILES string of the molecule is N=C(C=C(N)CNc1cccnc1)c1ccc(N2CC[C@H](F)C2)nc1. The minimum Gasteiger partial charge on any atom is -0.401 e. The van der Waals surface area contributed by atoms with Gasteiger partial charge in [-0.15, -0.1) is 0 Å². The summed E-state index contributed by atoms with van der Waals surface area (Å²) in [6, 6.07) is 7.37. The van der Waals surface area contributed by atoms with E-state index in [-0.39, 0.29) is 5.71 Å². The molecule has 25 heavy (non-hydrogen) atoms. The molecule has 0 radical (unpaired) electrons. The maximum absolute atomic E-state index is 13.3. The quantitative estimate of drug-likeness (QED) is 0.702. The number of alkyl halides is 1. The summed E-state index contributed by atoms with van der Waals surface area (Å²) < 4.78 is 13.3. The first-order valence-electron chi connectivity index (χ1n) is 8.16. The summed E-state index contributed by atoms with van der Waals surface area (Å²) in [7, 11) is 0. The summed E-state index contributed by atoms with van der Waals surface area (Å²) in [6.07, 6.45) is 6.40. The molecule has 0 bridgehead atoms. The molecule has 2 aromatic heterocycles. The molecule has 0 saturated carbocycles. The van der Waals surface area contributed by atoms with E-state index in [9.17, 15) is 4.39 Å². The lowest BCUT2D eigenvalue weighted by Crippen LogP contribution is -2.21. The standard InChI is InChI=1S/C18H21FN6/c19-14-5-7-25(12-14)18-4-3-13(9-24-18)17(21)8-15(20)10-23-16-2-1-6-22-11-16/h1-4,6,8-9,11,14,21,23H,5,7,10,12,20H2/t14-/m0/s1. The lowest BCUT2D eigenvalue weighted by molar-refractivity contribution is 0.364. The molecule has 4 N–H and O–H groups in total. The average molecular weight is 340 g/mol. The zero-order valence-corrected chi connectivity index (χ0v) is 13.8. The molecule has 3 heterocycles.